The molecule has 2 rings (SSSR count). The zero-order valence-electron chi connectivity index (χ0n) is 7.10. The standard InChI is InChI=1S/C10H8BrIS/c1-6-2-10-7(4-9(6)12)3-8(5-11)13-10/h2-4H,5H2,1H3. The highest BCUT2D eigenvalue weighted by molar-refractivity contribution is 14.1. The van der Waals surface area contributed by atoms with E-state index in [1.165, 1.54) is 24.1 Å². The fourth-order valence-electron chi connectivity index (χ4n) is 1.28. The van der Waals surface area contributed by atoms with Crippen LogP contribution in [0.15, 0.2) is 18.2 Å². The Labute approximate surface area is 104 Å². The fraction of sp³-hybridized carbons (Fsp3) is 0.200. The van der Waals surface area contributed by atoms with E-state index in [1.54, 1.807) is 0 Å². The molecule has 0 unspecified atom stereocenters. The predicted octanol–water partition coefficient (Wildman–Crippen LogP) is 4.71. The van der Waals surface area contributed by atoms with Gasteiger partial charge in [-0.05, 0) is 58.7 Å². The first-order valence-electron chi connectivity index (χ1n) is 3.95. The monoisotopic (exact) mass is 366 g/mol. The lowest BCUT2D eigenvalue weighted by Gasteiger charge is -1.96. The van der Waals surface area contributed by atoms with E-state index >= 15 is 0 Å². The average Bonchev–Trinajstić information content (AvgIpc) is 2.48. The summed E-state index contributed by atoms with van der Waals surface area (Å²) in [5.74, 6) is 0. The molecule has 0 saturated carbocycles. The molecule has 3 heteroatoms. The van der Waals surface area contributed by atoms with Gasteiger partial charge in [0.15, 0.2) is 0 Å². The summed E-state index contributed by atoms with van der Waals surface area (Å²) in [4.78, 5) is 1.40. The SMILES string of the molecule is Cc1cc2sc(CBr)cc2cc1I. The zero-order valence-corrected chi connectivity index (χ0v) is 11.7. The lowest BCUT2D eigenvalue weighted by Crippen LogP contribution is -1.76. The molecule has 0 spiro atoms. The van der Waals surface area contributed by atoms with Gasteiger partial charge < -0.3 is 0 Å². The van der Waals surface area contributed by atoms with Gasteiger partial charge in [-0.1, -0.05) is 15.9 Å². The number of hydrogen-bond donors (Lipinski definition) is 0. The van der Waals surface area contributed by atoms with Gasteiger partial charge in [0.05, 0.1) is 0 Å². The number of fused-ring (bicyclic) bond motifs is 1. The van der Waals surface area contributed by atoms with E-state index in [9.17, 15) is 0 Å². The number of aryl methyl sites for hydroxylation is 1. The van der Waals surface area contributed by atoms with E-state index in [-0.39, 0.29) is 0 Å². The Bertz CT molecular complexity index is 408. The molecule has 0 bridgehead atoms. The van der Waals surface area contributed by atoms with Crippen LogP contribution in [-0.2, 0) is 5.33 Å². The molecule has 13 heavy (non-hydrogen) atoms. The van der Waals surface area contributed by atoms with Crippen LogP contribution < -0.4 is 0 Å². The summed E-state index contributed by atoms with van der Waals surface area (Å²) in [7, 11) is 0. The van der Waals surface area contributed by atoms with E-state index in [1.807, 2.05) is 11.3 Å². The van der Waals surface area contributed by atoms with E-state index in [4.69, 9.17) is 0 Å². The third-order valence-electron chi connectivity index (χ3n) is 1.98. The highest BCUT2D eigenvalue weighted by atomic mass is 127. The molecule has 0 aliphatic carbocycles. The molecule has 0 nitrogen and oxygen atoms in total. The molecule has 0 atom stereocenters. The van der Waals surface area contributed by atoms with Crippen LogP contribution in [0.3, 0.4) is 0 Å². The number of benzene rings is 1. The number of hydrogen-bond acceptors (Lipinski definition) is 1. The number of alkyl halides is 1. The van der Waals surface area contributed by atoms with Crippen molar-refractivity contribution in [3.63, 3.8) is 0 Å². The minimum atomic E-state index is 0.960. The van der Waals surface area contributed by atoms with Crippen LogP contribution in [0, 0.1) is 10.5 Å². The van der Waals surface area contributed by atoms with E-state index < -0.39 is 0 Å². The molecule has 0 N–H and O–H groups in total. The first-order chi connectivity index (χ1) is 6.20. The van der Waals surface area contributed by atoms with Crippen molar-refractivity contribution in [2.45, 2.75) is 12.3 Å². The highest BCUT2D eigenvalue weighted by Gasteiger charge is 2.03. The van der Waals surface area contributed by atoms with Crippen LogP contribution in [0.4, 0.5) is 0 Å². The quantitative estimate of drug-likeness (QED) is 0.506. The van der Waals surface area contributed by atoms with Crippen molar-refractivity contribution < 1.29 is 0 Å². The molecule has 68 valence electrons. The van der Waals surface area contributed by atoms with Gasteiger partial charge in [-0.15, -0.1) is 11.3 Å². The minimum absolute atomic E-state index is 0.960. The van der Waals surface area contributed by atoms with Gasteiger partial charge in [-0.3, -0.25) is 0 Å². The lowest BCUT2D eigenvalue weighted by molar-refractivity contribution is 1.47. The van der Waals surface area contributed by atoms with Gasteiger partial charge in [-0.2, -0.15) is 0 Å². The Hall–Kier alpha value is 0.390. The van der Waals surface area contributed by atoms with Crippen LogP contribution in [0.2, 0.25) is 0 Å². The largest absolute Gasteiger partial charge is 0.139 e. The zero-order chi connectivity index (χ0) is 9.42. The number of thiophene rings is 1. The molecular weight excluding hydrogens is 359 g/mol. The Morgan fingerprint density at radius 3 is 2.85 bits per heavy atom. The van der Waals surface area contributed by atoms with Crippen LogP contribution in [-0.4, -0.2) is 0 Å². The molecule has 0 aliphatic heterocycles. The summed E-state index contributed by atoms with van der Waals surface area (Å²) in [6, 6.07) is 6.79. The number of rotatable bonds is 1. The molecule has 0 aliphatic rings. The van der Waals surface area contributed by atoms with Gasteiger partial charge in [0.1, 0.15) is 0 Å². The first-order valence-corrected chi connectivity index (χ1v) is 6.97. The van der Waals surface area contributed by atoms with Gasteiger partial charge in [0, 0.05) is 18.5 Å². The van der Waals surface area contributed by atoms with Crippen molar-refractivity contribution in [1.82, 2.24) is 0 Å². The summed E-state index contributed by atoms with van der Waals surface area (Å²) in [6.07, 6.45) is 0. The lowest BCUT2D eigenvalue weighted by atomic mass is 10.2. The van der Waals surface area contributed by atoms with Gasteiger partial charge in [-0.25, -0.2) is 0 Å². The summed E-state index contributed by atoms with van der Waals surface area (Å²) >= 11 is 7.74. The van der Waals surface area contributed by atoms with Crippen molar-refractivity contribution >= 4 is 59.9 Å². The molecule has 0 amide bonds. The molecule has 1 heterocycles. The van der Waals surface area contributed by atoms with E-state index in [0.717, 1.165) is 5.33 Å². The summed E-state index contributed by atoms with van der Waals surface area (Å²) in [5.41, 5.74) is 1.37. The average molecular weight is 367 g/mol. The Morgan fingerprint density at radius 2 is 2.15 bits per heavy atom. The maximum Gasteiger partial charge on any atom is 0.0377 e. The predicted molar refractivity (Wildman–Crippen MR) is 71.9 cm³/mol. The van der Waals surface area contributed by atoms with Gasteiger partial charge >= 0.3 is 0 Å². The second kappa shape index (κ2) is 3.87. The summed E-state index contributed by atoms with van der Waals surface area (Å²) < 4.78 is 2.75. The number of halogens is 2. The molecule has 0 saturated heterocycles. The second-order valence-corrected chi connectivity index (χ2v) is 5.88. The second-order valence-electron chi connectivity index (χ2n) is 2.99. The van der Waals surface area contributed by atoms with E-state index in [2.05, 4.69) is 63.6 Å². The first kappa shape index (κ1) is 9.93. The topological polar surface area (TPSA) is 0 Å². The minimum Gasteiger partial charge on any atom is -0.139 e. The van der Waals surface area contributed by atoms with Crippen LogP contribution in [0.5, 0.6) is 0 Å². The van der Waals surface area contributed by atoms with Crippen LogP contribution in [0.1, 0.15) is 10.4 Å². The fourth-order valence-corrected chi connectivity index (χ4v) is 3.27. The summed E-state index contributed by atoms with van der Waals surface area (Å²) in [6.45, 7) is 2.16. The Morgan fingerprint density at radius 1 is 1.38 bits per heavy atom. The van der Waals surface area contributed by atoms with Gasteiger partial charge in [0.25, 0.3) is 0 Å². The third-order valence-corrected chi connectivity index (χ3v) is 5.22. The van der Waals surface area contributed by atoms with Gasteiger partial charge in [0.2, 0.25) is 0 Å². The van der Waals surface area contributed by atoms with Crippen LogP contribution >= 0.6 is 49.9 Å². The summed E-state index contributed by atoms with van der Waals surface area (Å²) in [5, 5.41) is 2.33. The van der Waals surface area contributed by atoms with Crippen molar-refractivity contribution in [3.8, 4) is 0 Å². The molecule has 0 fully saturated rings. The maximum atomic E-state index is 3.48. The normalized spacial score (nSPS) is 11.0. The van der Waals surface area contributed by atoms with Crippen LogP contribution in [0.25, 0.3) is 10.1 Å². The van der Waals surface area contributed by atoms with Crippen molar-refractivity contribution in [2.75, 3.05) is 0 Å². The smallest absolute Gasteiger partial charge is 0.0377 e. The molecule has 2 aromatic rings. The maximum absolute atomic E-state index is 3.48. The molecular formula is C10H8BrIS. The highest BCUT2D eigenvalue weighted by Crippen LogP contribution is 2.30. The third kappa shape index (κ3) is 1.92. The van der Waals surface area contributed by atoms with E-state index in [0.29, 0.717) is 0 Å². The van der Waals surface area contributed by atoms with Crippen molar-refractivity contribution in [1.29, 1.82) is 0 Å². The van der Waals surface area contributed by atoms with Crippen molar-refractivity contribution in [2.24, 2.45) is 0 Å². The molecule has 1 aromatic carbocycles. The molecule has 0 radical (unpaired) electrons. The molecule has 1 aromatic heterocycles. The van der Waals surface area contributed by atoms with Crippen molar-refractivity contribution in [3.05, 3.63) is 32.2 Å². The Kier molecular flexibility index (Phi) is 2.95. The Balaban J connectivity index is 2.70.